The molecule has 20 heteroatoms. The zero-order chi connectivity index (χ0) is 42.6. The van der Waals surface area contributed by atoms with E-state index in [-0.39, 0.29) is 70.9 Å². The van der Waals surface area contributed by atoms with Crippen molar-refractivity contribution >= 4 is 75.5 Å². The van der Waals surface area contributed by atoms with Crippen molar-refractivity contribution in [3.05, 3.63) is 76.8 Å². The average Bonchev–Trinajstić information content (AvgIpc) is 3.90. The molecule has 3 atom stereocenters. The van der Waals surface area contributed by atoms with Crippen molar-refractivity contribution in [2.45, 2.75) is 74.4 Å². The van der Waals surface area contributed by atoms with E-state index in [0.717, 1.165) is 15.8 Å². The van der Waals surface area contributed by atoms with Crippen LogP contribution in [0.15, 0.2) is 71.0 Å². The molecule has 1 saturated heterocycles. The minimum absolute atomic E-state index is 0.0107. The number of ether oxygens (including phenoxy) is 3. The first-order chi connectivity index (χ1) is 28.9. The first-order valence-corrected chi connectivity index (χ1v) is 23.5. The second-order valence-corrected chi connectivity index (χ2v) is 18.6. The Bertz CT molecular complexity index is 2250. The largest absolute Gasteiger partial charge is 0.448 e. The number of fused-ring (bicyclic) bond motifs is 5. The third kappa shape index (κ3) is 9.57. The van der Waals surface area contributed by atoms with Crippen LogP contribution < -0.4 is 23.8 Å². The number of aliphatic hydroxyl groups excluding tert-OH is 1. The van der Waals surface area contributed by atoms with E-state index in [9.17, 15) is 39.1 Å². The molecule has 4 aromatic rings. The molecule has 0 aliphatic carbocycles. The summed E-state index contributed by atoms with van der Waals surface area (Å²) in [5.74, 6) is 0.172. The molecule has 4 N–H and O–H groups in total. The van der Waals surface area contributed by atoms with Gasteiger partial charge < -0.3 is 19.5 Å². The van der Waals surface area contributed by atoms with Gasteiger partial charge in [-0.25, -0.2) is 14.7 Å². The van der Waals surface area contributed by atoms with Crippen molar-refractivity contribution in [1.82, 2.24) is 9.88 Å². The van der Waals surface area contributed by atoms with E-state index >= 15 is 0 Å². The summed E-state index contributed by atoms with van der Waals surface area (Å²) in [6, 6.07) is 14.4. The maximum atomic E-state index is 13.9. The third-order valence-electron chi connectivity index (χ3n) is 10.5. The summed E-state index contributed by atoms with van der Waals surface area (Å²) in [6.45, 7) is 2.96. The number of hydrogen-bond donors (Lipinski definition) is 4. The van der Waals surface area contributed by atoms with Crippen molar-refractivity contribution in [2.24, 2.45) is 5.18 Å². The molecule has 3 unspecified atom stereocenters. The molecule has 60 heavy (non-hydrogen) atoms. The molecule has 1 fully saturated rings. The third-order valence-corrected chi connectivity index (χ3v) is 13.8. The van der Waals surface area contributed by atoms with Crippen molar-refractivity contribution in [3.8, 4) is 17.2 Å². The molecule has 0 spiro atoms. The van der Waals surface area contributed by atoms with Gasteiger partial charge in [-0.05, 0) is 53.9 Å². The number of carbonyl (C=O) groups is 3. The molecule has 1 aromatic heterocycles. The van der Waals surface area contributed by atoms with Gasteiger partial charge in [-0.3, -0.25) is 4.79 Å². The Labute approximate surface area is 354 Å². The summed E-state index contributed by atoms with van der Waals surface area (Å²) in [6.07, 6.45) is 2.94. The first-order valence-electron chi connectivity index (χ1n) is 19.5. The summed E-state index contributed by atoms with van der Waals surface area (Å²) >= 11 is 0. The number of pyridine rings is 1. The molecule has 0 bridgehead atoms. The Morgan fingerprint density at radius 2 is 1.78 bits per heavy atom. The Hall–Kier alpha value is -4.75. The predicted octanol–water partition coefficient (Wildman–Crippen LogP) is 6.64. The fourth-order valence-electron chi connectivity index (χ4n) is 7.71. The monoisotopic (exact) mass is 883 g/mol. The first kappa shape index (κ1) is 43.3. The van der Waals surface area contributed by atoms with Crippen LogP contribution in [0.4, 0.5) is 21.9 Å². The number of nitroso groups, excluding NO2 is 1. The number of anilines is 2. The number of aromatic nitrogens is 1. The summed E-state index contributed by atoms with van der Waals surface area (Å²) in [5, 5.41) is 16.4. The number of methoxy groups -OCH3 is 1. The van der Waals surface area contributed by atoms with E-state index < -0.39 is 26.5 Å². The Balaban J connectivity index is 0.980. The fourth-order valence-corrected chi connectivity index (χ4v) is 10.0. The van der Waals surface area contributed by atoms with Gasteiger partial charge in [-0.15, -0.1) is 4.91 Å². The molecular weight excluding hydrogens is 838 g/mol. The summed E-state index contributed by atoms with van der Waals surface area (Å²) in [5.41, 5.74) is 2.06. The molecule has 3 aliphatic rings. The molecule has 17 nitrogen and oxygen atoms in total. The Kier molecular flexibility index (Phi) is 13.6. The van der Waals surface area contributed by atoms with Crippen molar-refractivity contribution in [2.75, 3.05) is 43.2 Å². The minimum atomic E-state index is -4.90. The second-order valence-electron chi connectivity index (χ2n) is 14.6. The average molecular weight is 884 g/mol. The van der Waals surface area contributed by atoms with E-state index in [1.165, 1.54) is 47.0 Å². The maximum Gasteiger partial charge on any atom is 0.416 e. The van der Waals surface area contributed by atoms with Gasteiger partial charge in [0.05, 0.1) is 30.6 Å². The molecular formula is C40H46N5O12PS2. The summed E-state index contributed by atoms with van der Waals surface area (Å²) in [7, 11) is -0.691. The zero-order valence-electron chi connectivity index (χ0n) is 32.9. The number of aliphatic hydroxyl groups is 1. The van der Waals surface area contributed by atoms with Crippen molar-refractivity contribution < 1.29 is 52.9 Å². The molecule has 4 heterocycles. The van der Waals surface area contributed by atoms with E-state index in [1.807, 2.05) is 19.1 Å². The van der Waals surface area contributed by atoms with E-state index in [2.05, 4.69) is 10.2 Å². The number of benzene rings is 3. The van der Waals surface area contributed by atoms with Gasteiger partial charge in [0.1, 0.15) is 17.3 Å². The minimum Gasteiger partial charge on any atom is -0.448 e. The Morgan fingerprint density at radius 1 is 1.00 bits per heavy atom. The number of hydrogen-bond acceptors (Lipinski definition) is 16. The fraction of sp³-hybridized carbons (Fsp3) is 0.400. The molecule has 0 radical (unpaired) electrons. The van der Waals surface area contributed by atoms with Gasteiger partial charge in [0.2, 0.25) is 0 Å². The number of nitrogens with zero attached hydrogens (tertiary/aromatic N) is 5. The number of amides is 3. The molecule has 320 valence electrons. The van der Waals surface area contributed by atoms with E-state index in [4.69, 9.17) is 18.7 Å². The number of unbranched alkanes of at least 4 members (excludes halogenated alkanes) is 2. The van der Waals surface area contributed by atoms with Crippen molar-refractivity contribution in [1.29, 1.82) is 0 Å². The van der Waals surface area contributed by atoms with E-state index in [1.54, 1.807) is 40.1 Å². The normalized spacial score (nSPS) is 18.0. The van der Waals surface area contributed by atoms with Crippen LogP contribution in [0.3, 0.4) is 0 Å². The van der Waals surface area contributed by atoms with Gasteiger partial charge in [-0.2, -0.15) is 0 Å². The Morgan fingerprint density at radius 3 is 2.52 bits per heavy atom. The van der Waals surface area contributed by atoms with Crippen LogP contribution in [0.1, 0.15) is 61.4 Å². The molecule has 7 rings (SSSR count). The zero-order valence-corrected chi connectivity index (χ0v) is 35.5. The summed E-state index contributed by atoms with van der Waals surface area (Å²) in [4.78, 5) is 89.3. The van der Waals surface area contributed by atoms with Gasteiger partial charge >= 0.3 is 157 Å². The topological polar surface area (TPSA) is 221 Å². The molecule has 3 aromatic carbocycles. The standard InChI is InChI=1S/C40H46N5O12PS2/c1-24(59-60-36-14-13-25(42-50)22-41-36)23-56-40(49)45-32-21-35(34(54-2)19-29(32)38(47)44-16-8-11-30(44)39(45)48)55-18-7-3-4-12-37(46)43-17-15-27-26-9-5-6-10-28(26)33(20-31(27)43)57-58(51,52)53/h5-6,9-10,13-14,19-22,24,30,39,48,51-53,58H,3-4,7-8,11-12,15-18,23H2,1-2H3. The SMILES string of the molecule is COc1cc2c(cc1OCCCCCC(=O)N1CCc3c1cc(O[PH](O)(O)O)c1ccccc31)N(C(=O)OCC(C)SSc1ccc(N=O)cn1)C(O)C1CCCN1C2=O. The van der Waals surface area contributed by atoms with Gasteiger partial charge in [-0.1, -0.05) is 10.8 Å². The number of rotatable bonds is 16. The van der Waals surface area contributed by atoms with Crippen LogP contribution in [0.25, 0.3) is 10.8 Å². The molecule has 3 amide bonds. The van der Waals surface area contributed by atoms with Crippen LogP contribution >= 0.6 is 29.8 Å². The van der Waals surface area contributed by atoms with Gasteiger partial charge in [0, 0.05) is 17.9 Å². The smallest absolute Gasteiger partial charge is 0.416 e. The number of carbonyl (C=O) groups excluding carboxylic acids is 3. The quantitative estimate of drug-likeness (QED) is 0.0401. The van der Waals surface area contributed by atoms with Crippen LogP contribution in [0.5, 0.6) is 17.2 Å². The predicted molar refractivity (Wildman–Crippen MR) is 229 cm³/mol. The van der Waals surface area contributed by atoms with Crippen molar-refractivity contribution in [3.63, 3.8) is 0 Å². The van der Waals surface area contributed by atoms with Gasteiger partial charge in [0.15, 0.2) is 17.7 Å². The van der Waals surface area contributed by atoms with E-state index in [0.29, 0.717) is 67.7 Å². The van der Waals surface area contributed by atoms with Crippen LogP contribution in [0.2, 0.25) is 0 Å². The molecule has 0 saturated carbocycles. The molecule has 3 aliphatic heterocycles. The van der Waals surface area contributed by atoms with Crippen LogP contribution in [0, 0.1) is 4.91 Å². The summed E-state index contributed by atoms with van der Waals surface area (Å²) < 4.78 is 22.6. The van der Waals surface area contributed by atoms with Gasteiger partial charge in [0.25, 0.3) is 5.91 Å². The van der Waals surface area contributed by atoms with Crippen LogP contribution in [-0.4, -0.2) is 98.5 Å². The maximum absolute atomic E-state index is 13.9. The van der Waals surface area contributed by atoms with Crippen LogP contribution in [-0.2, 0) is 16.0 Å². The second kappa shape index (κ2) is 18.9.